The highest BCUT2D eigenvalue weighted by Gasteiger charge is 2.43. The monoisotopic (exact) mass is 325 g/mol. The average Bonchev–Trinajstić information content (AvgIpc) is 2.56. The molecular formula is C12H24ClN3O3S. The van der Waals surface area contributed by atoms with Gasteiger partial charge in [-0.1, -0.05) is 0 Å². The predicted molar refractivity (Wildman–Crippen MR) is 80.6 cm³/mol. The number of nitrogens with zero attached hydrogens (tertiary/aromatic N) is 3. The first-order valence-corrected chi connectivity index (χ1v) is 9.66. The molecule has 3 aliphatic heterocycles. The van der Waals surface area contributed by atoms with E-state index in [-0.39, 0.29) is 0 Å². The second kappa shape index (κ2) is 7.11. The Kier molecular flexibility index (Phi) is 5.44. The van der Waals surface area contributed by atoms with Crippen molar-refractivity contribution in [3.63, 3.8) is 0 Å². The molecule has 20 heavy (non-hydrogen) atoms. The highest BCUT2D eigenvalue weighted by atomic mass is 35.7. The fourth-order valence-electron chi connectivity index (χ4n) is 2.83. The highest BCUT2D eigenvalue weighted by molar-refractivity contribution is 8.46. The van der Waals surface area contributed by atoms with Crippen molar-refractivity contribution in [3.05, 3.63) is 0 Å². The molecule has 0 aromatic heterocycles. The summed E-state index contributed by atoms with van der Waals surface area (Å²) < 4.78 is 23.8. The van der Waals surface area contributed by atoms with Crippen LogP contribution in [-0.4, -0.2) is 91.8 Å². The van der Waals surface area contributed by atoms with Gasteiger partial charge in [-0.2, -0.15) is 0 Å². The maximum absolute atomic E-state index is 7.27. The van der Waals surface area contributed by atoms with Gasteiger partial charge in [-0.05, 0) is 10.7 Å². The van der Waals surface area contributed by atoms with Crippen molar-refractivity contribution in [1.82, 2.24) is 12.9 Å². The maximum atomic E-state index is 7.27. The van der Waals surface area contributed by atoms with Crippen LogP contribution < -0.4 is 0 Å². The minimum Gasteiger partial charge on any atom is -0.379 e. The fraction of sp³-hybridized carbons (Fsp3) is 1.00. The van der Waals surface area contributed by atoms with Crippen LogP contribution in [0.25, 0.3) is 0 Å². The van der Waals surface area contributed by atoms with Crippen molar-refractivity contribution < 1.29 is 14.2 Å². The van der Waals surface area contributed by atoms with Gasteiger partial charge in [0.2, 0.25) is 0 Å². The molecule has 0 saturated carbocycles. The minimum absolute atomic E-state index is 0.774. The Morgan fingerprint density at radius 3 is 1.05 bits per heavy atom. The van der Waals surface area contributed by atoms with Crippen LogP contribution >= 0.6 is 20.5 Å². The van der Waals surface area contributed by atoms with E-state index in [0.717, 1.165) is 78.9 Å². The Hall–Kier alpha value is 0.400. The Morgan fingerprint density at radius 2 is 0.800 bits per heavy atom. The summed E-state index contributed by atoms with van der Waals surface area (Å²) in [4.78, 5) is 0. The molecule has 0 N–H and O–H groups in total. The molecule has 0 bridgehead atoms. The van der Waals surface area contributed by atoms with E-state index in [4.69, 9.17) is 24.9 Å². The van der Waals surface area contributed by atoms with Crippen LogP contribution in [0, 0.1) is 0 Å². The standard InChI is InChI=1S/C12H24ClN3O3S/c13-20(14-1-7-17-8-2-14,15-3-9-18-10-4-15)16-5-11-19-12-6-16/h1-12H2. The van der Waals surface area contributed by atoms with Gasteiger partial charge < -0.3 is 14.2 Å². The molecule has 3 fully saturated rings. The molecule has 0 radical (unpaired) electrons. The van der Waals surface area contributed by atoms with E-state index in [1.165, 1.54) is 0 Å². The Bertz CT molecular complexity index is 263. The largest absolute Gasteiger partial charge is 0.379 e. The maximum Gasteiger partial charge on any atom is 0.0604 e. The van der Waals surface area contributed by atoms with E-state index >= 15 is 0 Å². The number of hydrogen-bond donors (Lipinski definition) is 0. The molecule has 3 aliphatic rings. The number of morpholine rings is 3. The first-order valence-electron chi connectivity index (χ1n) is 7.33. The zero-order valence-electron chi connectivity index (χ0n) is 11.8. The summed E-state index contributed by atoms with van der Waals surface area (Å²) in [6, 6.07) is 0. The summed E-state index contributed by atoms with van der Waals surface area (Å²) in [5.74, 6) is 0. The van der Waals surface area contributed by atoms with Gasteiger partial charge in [-0.3, -0.25) is 0 Å². The third kappa shape index (κ3) is 3.10. The molecule has 8 heteroatoms. The van der Waals surface area contributed by atoms with Crippen molar-refractivity contribution in [2.24, 2.45) is 0 Å². The SMILES string of the molecule is ClS(N1CCOCC1)(N1CCOCC1)N1CCOCC1. The van der Waals surface area contributed by atoms with Gasteiger partial charge in [0.15, 0.2) is 0 Å². The van der Waals surface area contributed by atoms with E-state index in [9.17, 15) is 0 Å². The lowest BCUT2D eigenvalue weighted by atomic mass is 10.5. The number of hydrogen-bond acceptors (Lipinski definition) is 6. The van der Waals surface area contributed by atoms with Crippen LogP contribution in [0.4, 0.5) is 0 Å². The molecule has 0 spiro atoms. The average molecular weight is 326 g/mol. The lowest BCUT2D eigenvalue weighted by molar-refractivity contribution is 0.0448. The second-order valence-electron chi connectivity index (χ2n) is 5.08. The molecule has 3 saturated heterocycles. The summed E-state index contributed by atoms with van der Waals surface area (Å²) in [5, 5.41) is 0. The summed E-state index contributed by atoms with van der Waals surface area (Å²) in [7, 11) is 5.66. The molecule has 3 rings (SSSR count). The number of rotatable bonds is 3. The topological polar surface area (TPSA) is 37.4 Å². The molecule has 0 amide bonds. The van der Waals surface area contributed by atoms with Crippen LogP contribution in [0.15, 0.2) is 0 Å². The summed E-state index contributed by atoms with van der Waals surface area (Å²) in [6.07, 6.45) is 0. The highest BCUT2D eigenvalue weighted by Crippen LogP contribution is 2.62. The number of ether oxygens (including phenoxy) is 3. The lowest BCUT2D eigenvalue weighted by Gasteiger charge is -2.57. The second-order valence-corrected chi connectivity index (χ2v) is 8.77. The smallest absolute Gasteiger partial charge is 0.0604 e. The Balaban J connectivity index is 1.79. The molecular weight excluding hydrogens is 302 g/mol. The van der Waals surface area contributed by atoms with Gasteiger partial charge in [0.05, 0.1) is 39.6 Å². The van der Waals surface area contributed by atoms with Gasteiger partial charge in [-0.25, -0.2) is 12.9 Å². The molecule has 0 aliphatic carbocycles. The van der Waals surface area contributed by atoms with Gasteiger partial charge in [-0.15, -0.1) is 0 Å². The van der Waals surface area contributed by atoms with Crippen molar-refractivity contribution in [2.75, 3.05) is 78.9 Å². The first kappa shape index (κ1) is 15.3. The zero-order valence-corrected chi connectivity index (χ0v) is 13.4. The molecule has 0 unspecified atom stereocenters. The lowest BCUT2D eigenvalue weighted by Crippen LogP contribution is -2.54. The van der Waals surface area contributed by atoms with Crippen LogP contribution in [0.5, 0.6) is 0 Å². The third-order valence-electron chi connectivity index (χ3n) is 3.90. The van der Waals surface area contributed by atoms with Gasteiger partial charge >= 0.3 is 0 Å². The minimum atomic E-state index is -1.61. The van der Waals surface area contributed by atoms with Crippen LogP contribution in [0.3, 0.4) is 0 Å². The third-order valence-corrected chi connectivity index (χ3v) is 8.72. The van der Waals surface area contributed by atoms with E-state index in [1.807, 2.05) is 0 Å². The molecule has 6 nitrogen and oxygen atoms in total. The van der Waals surface area contributed by atoms with E-state index in [1.54, 1.807) is 0 Å². The summed E-state index contributed by atoms with van der Waals surface area (Å²) in [6.45, 7) is 10.1. The van der Waals surface area contributed by atoms with Crippen LogP contribution in [-0.2, 0) is 14.2 Å². The predicted octanol–water partition coefficient (Wildman–Crippen LogP) is 0.686. The summed E-state index contributed by atoms with van der Waals surface area (Å²) in [5.41, 5.74) is 0. The van der Waals surface area contributed by atoms with Crippen molar-refractivity contribution in [3.8, 4) is 0 Å². The van der Waals surface area contributed by atoms with E-state index < -0.39 is 9.80 Å². The Labute approximate surface area is 127 Å². The molecule has 0 aromatic rings. The van der Waals surface area contributed by atoms with Gasteiger partial charge in [0.25, 0.3) is 0 Å². The van der Waals surface area contributed by atoms with Crippen molar-refractivity contribution >= 4 is 20.5 Å². The summed E-state index contributed by atoms with van der Waals surface area (Å²) >= 11 is 0. The van der Waals surface area contributed by atoms with Crippen molar-refractivity contribution in [2.45, 2.75) is 0 Å². The zero-order chi connectivity index (χ0) is 13.8. The molecule has 0 aromatic carbocycles. The molecule has 0 atom stereocenters. The molecule has 118 valence electrons. The normalized spacial score (nSPS) is 29.4. The first-order chi connectivity index (χ1) is 9.82. The van der Waals surface area contributed by atoms with Gasteiger partial charge in [0.1, 0.15) is 0 Å². The van der Waals surface area contributed by atoms with E-state index in [0.29, 0.717) is 0 Å². The fourth-order valence-corrected chi connectivity index (χ4v) is 6.89. The van der Waals surface area contributed by atoms with Gasteiger partial charge in [0, 0.05) is 49.1 Å². The van der Waals surface area contributed by atoms with Crippen LogP contribution in [0.1, 0.15) is 0 Å². The van der Waals surface area contributed by atoms with Crippen molar-refractivity contribution in [1.29, 1.82) is 0 Å². The quantitative estimate of drug-likeness (QED) is 0.760. The number of halogens is 1. The Morgan fingerprint density at radius 1 is 0.550 bits per heavy atom. The van der Waals surface area contributed by atoms with Crippen LogP contribution in [0.2, 0.25) is 0 Å². The van der Waals surface area contributed by atoms with E-state index in [2.05, 4.69) is 12.9 Å². The molecule has 3 heterocycles.